The van der Waals surface area contributed by atoms with E-state index in [0.717, 1.165) is 38.4 Å². The fourth-order valence-corrected chi connectivity index (χ4v) is 3.76. The number of fused-ring (bicyclic) bond motifs is 2. The molecule has 3 aliphatic rings. The number of nitrogens with zero attached hydrogens (tertiary/aromatic N) is 2. The van der Waals surface area contributed by atoms with Crippen LogP contribution in [0.15, 0.2) is 0 Å². The van der Waals surface area contributed by atoms with Crippen LogP contribution in [0.25, 0.3) is 0 Å². The van der Waals surface area contributed by atoms with Gasteiger partial charge >= 0.3 is 0 Å². The highest BCUT2D eigenvalue weighted by molar-refractivity contribution is 5.85. The number of hydrogen-bond acceptors (Lipinski definition) is 4. The average molecular weight is 312 g/mol. The van der Waals surface area contributed by atoms with Gasteiger partial charge in [0.05, 0.1) is 13.2 Å². The highest BCUT2D eigenvalue weighted by Crippen LogP contribution is 2.34. The Morgan fingerprint density at radius 3 is 2.11 bits per heavy atom. The molecule has 3 aliphatic heterocycles. The molecule has 0 aliphatic carbocycles. The van der Waals surface area contributed by atoms with Crippen LogP contribution in [-0.4, -0.2) is 67.3 Å². The van der Waals surface area contributed by atoms with Crippen LogP contribution in [0.1, 0.15) is 25.7 Å². The number of rotatable bonds is 3. The molecule has 2 bridgehead atoms. The fraction of sp³-hybridized carbons (Fsp3) is 1.00. The Bertz CT molecular complexity index is 250. The van der Waals surface area contributed by atoms with Crippen LogP contribution in [-0.2, 0) is 4.74 Å². The minimum Gasteiger partial charge on any atom is -0.379 e. The van der Waals surface area contributed by atoms with E-state index in [0.29, 0.717) is 6.04 Å². The maximum atomic E-state index is 6.10. The van der Waals surface area contributed by atoms with Crippen LogP contribution in [0, 0.1) is 0 Å². The van der Waals surface area contributed by atoms with Crippen LogP contribution in [0.4, 0.5) is 0 Å². The summed E-state index contributed by atoms with van der Waals surface area (Å²) in [6.07, 6.45) is 5.20. The summed E-state index contributed by atoms with van der Waals surface area (Å²) in [5.41, 5.74) is 6.10. The van der Waals surface area contributed by atoms with E-state index in [1.165, 1.54) is 38.8 Å². The zero-order valence-corrected chi connectivity index (χ0v) is 13.1. The third-order valence-electron chi connectivity index (χ3n) is 4.70. The average Bonchev–Trinajstić information content (AvgIpc) is 2.59. The van der Waals surface area contributed by atoms with Crippen molar-refractivity contribution in [3.63, 3.8) is 0 Å². The van der Waals surface area contributed by atoms with Gasteiger partial charge in [-0.05, 0) is 25.7 Å². The van der Waals surface area contributed by atoms with Crippen molar-refractivity contribution in [2.45, 2.75) is 43.8 Å². The Morgan fingerprint density at radius 2 is 1.53 bits per heavy atom. The normalized spacial score (nSPS) is 35.5. The molecule has 0 unspecified atom stereocenters. The van der Waals surface area contributed by atoms with E-state index in [1.807, 2.05) is 0 Å². The lowest BCUT2D eigenvalue weighted by molar-refractivity contribution is 0.0265. The molecular weight excluding hydrogens is 285 g/mol. The van der Waals surface area contributed by atoms with Crippen LogP contribution in [0.2, 0.25) is 0 Å². The minimum absolute atomic E-state index is 0. The van der Waals surface area contributed by atoms with Gasteiger partial charge in [0.1, 0.15) is 0 Å². The van der Waals surface area contributed by atoms with Gasteiger partial charge in [-0.25, -0.2) is 0 Å². The number of hydrogen-bond donors (Lipinski definition) is 1. The van der Waals surface area contributed by atoms with Crippen LogP contribution in [0.3, 0.4) is 0 Å². The van der Waals surface area contributed by atoms with Crippen molar-refractivity contribution in [3.8, 4) is 0 Å². The Morgan fingerprint density at radius 1 is 0.947 bits per heavy atom. The van der Waals surface area contributed by atoms with Crippen LogP contribution >= 0.6 is 24.8 Å². The largest absolute Gasteiger partial charge is 0.379 e. The second-order valence-corrected chi connectivity index (χ2v) is 5.81. The molecule has 0 aromatic rings. The van der Waals surface area contributed by atoms with E-state index in [2.05, 4.69) is 9.80 Å². The summed E-state index contributed by atoms with van der Waals surface area (Å²) in [4.78, 5) is 5.27. The molecule has 4 nitrogen and oxygen atoms in total. The third-order valence-corrected chi connectivity index (χ3v) is 4.70. The third kappa shape index (κ3) is 4.19. The smallest absolute Gasteiger partial charge is 0.0594 e. The number of halogens is 2. The number of ether oxygens (including phenoxy) is 1. The first-order valence-corrected chi connectivity index (χ1v) is 7.14. The van der Waals surface area contributed by atoms with Gasteiger partial charge in [-0.3, -0.25) is 9.80 Å². The van der Waals surface area contributed by atoms with Crippen molar-refractivity contribution in [2.75, 3.05) is 39.4 Å². The van der Waals surface area contributed by atoms with Gasteiger partial charge in [0.25, 0.3) is 0 Å². The van der Waals surface area contributed by atoms with E-state index in [9.17, 15) is 0 Å². The summed E-state index contributed by atoms with van der Waals surface area (Å²) in [6.45, 7) is 6.51. The van der Waals surface area contributed by atoms with Gasteiger partial charge in [0.2, 0.25) is 0 Å². The molecule has 3 fully saturated rings. The lowest BCUT2D eigenvalue weighted by Crippen LogP contribution is -2.50. The molecular formula is C13H27Cl2N3O. The lowest BCUT2D eigenvalue weighted by atomic mass is 9.98. The first-order chi connectivity index (χ1) is 8.33. The predicted molar refractivity (Wildman–Crippen MR) is 82.5 cm³/mol. The molecule has 6 heteroatoms. The van der Waals surface area contributed by atoms with E-state index in [-0.39, 0.29) is 24.8 Å². The molecule has 0 saturated carbocycles. The minimum atomic E-state index is 0. The van der Waals surface area contributed by atoms with Crippen molar-refractivity contribution in [2.24, 2.45) is 5.73 Å². The fourth-order valence-electron chi connectivity index (χ4n) is 3.76. The molecule has 3 heterocycles. The molecule has 19 heavy (non-hydrogen) atoms. The van der Waals surface area contributed by atoms with Gasteiger partial charge in [0, 0.05) is 44.3 Å². The van der Waals surface area contributed by atoms with Crippen molar-refractivity contribution >= 4 is 24.8 Å². The quantitative estimate of drug-likeness (QED) is 0.848. The Hall–Kier alpha value is 0.420. The first-order valence-electron chi connectivity index (χ1n) is 7.14. The second-order valence-electron chi connectivity index (χ2n) is 5.81. The molecule has 3 rings (SSSR count). The molecule has 0 radical (unpaired) electrons. The molecule has 2 N–H and O–H groups in total. The van der Waals surface area contributed by atoms with Crippen molar-refractivity contribution in [1.82, 2.24) is 9.80 Å². The number of piperidine rings is 1. The molecule has 0 amide bonds. The van der Waals surface area contributed by atoms with Crippen molar-refractivity contribution < 1.29 is 4.74 Å². The van der Waals surface area contributed by atoms with E-state index >= 15 is 0 Å². The molecule has 3 saturated heterocycles. The maximum absolute atomic E-state index is 6.10. The number of nitrogens with two attached hydrogens (primary N) is 1. The van der Waals surface area contributed by atoms with E-state index in [4.69, 9.17) is 10.5 Å². The summed E-state index contributed by atoms with van der Waals surface area (Å²) in [6, 6.07) is 2.03. The standard InChI is InChI=1S/C13H25N3O.2ClH/c14-11-9-12-1-2-13(10-11)16(12)4-3-15-5-7-17-8-6-15;;/h11-13H,1-10,14H2;2*1H/t11-,12+,13-;;. The van der Waals surface area contributed by atoms with Gasteiger partial charge in [-0.1, -0.05) is 0 Å². The zero-order chi connectivity index (χ0) is 11.7. The lowest BCUT2D eigenvalue weighted by Gasteiger charge is -2.39. The highest BCUT2D eigenvalue weighted by Gasteiger charge is 2.39. The highest BCUT2D eigenvalue weighted by atomic mass is 35.5. The molecule has 0 spiro atoms. The summed E-state index contributed by atoms with van der Waals surface area (Å²) in [5, 5.41) is 0. The Balaban J connectivity index is 0.000000902. The summed E-state index contributed by atoms with van der Waals surface area (Å²) < 4.78 is 5.39. The van der Waals surface area contributed by atoms with Gasteiger partial charge in [0.15, 0.2) is 0 Å². The van der Waals surface area contributed by atoms with Gasteiger partial charge in [-0.2, -0.15) is 0 Å². The predicted octanol–water partition coefficient (Wildman–Crippen LogP) is 1.12. The van der Waals surface area contributed by atoms with Crippen molar-refractivity contribution in [3.05, 3.63) is 0 Å². The monoisotopic (exact) mass is 311 g/mol. The van der Waals surface area contributed by atoms with Gasteiger partial charge in [-0.15, -0.1) is 24.8 Å². The number of morpholine rings is 1. The SMILES string of the molecule is Cl.Cl.N[C@H]1C[C@H]2CC[C@@H](C1)N2CCN1CCOCC1. The Labute approximate surface area is 128 Å². The summed E-state index contributed by atoms with van der Waals surface area (Å²) >= 11 is 0. The maximum Gasteiger partial charge on any atom is 0.0594 e. The summed E-state index contributed by atoms with van der Waals surface area (Å²) in [7, 11) is 0. The van der Waals surface area contributed by atoms with Crippen molar-refractivity contribution in [1.29, 1.82) is 0 Å². The van der Waals surface area contributed by atoms with Crippen LogP contribution < -0.4 is 5.73 Å². The summed E-state index contributed by atoms with van der Waals surface area (Å²) in [5.74, 6) is 0. The first kappa shape index (κ1) is 17.5. The topological polar surface area (TPSA) is 41.7 Å². The molecule has 0 aromatic heterocycles. The second kappa shape index (κ2) is 8.01. The van der Waals surface area contributed by atoms with Gasteiger partial charge < -0.3 is 10.5 Å². The van der Waals surface area contributed by atoms with Crippen LogP contribution in [0.5, 0.6) is 0 Å². The van der Waals surface area contributed by atoms with E-state index in [1.54, 1.807) is 0 Å². The molecule has 114 valence electrons. The molecule has 0 aromatic carbocycles. The zero-order valence-electron chi connectivity index (χ0n) is 11.5. The Kier molecular flexibility index (Phi) is 7.36. The molecule has 3 atom stereocenters. The van der Waals surface area contributed by atoms with E-state index < -0.39 is 0 Å².